The molecule has 0 fully saturated rings. The van der Waals surface area contributed by atoms with Gasteiger partial charge in [0.1, 0.15) is 0 Å². The van der Waals surface area contributed by atoms with Crippen molar-refractivity contribution in [1.29, 1.82) is 0 Å². The highest BCUT2D eigenvalue weighted by atomic mass is 16.2. The van der Waals surface area contributed by atoms with Gasteiger partial charge in [-0.3, -0.25) is 0 Å². The zero-order valence-electron chi connectivity index (χ0n) is 11.5. The first-order valence-electron chi connectivity index (χ1n) is 6.70. The molecular formula is C16H19N3O. The third-order valence-corrected chi connectivity index (χ3v) is 2.80. The molecule has 2 aromatic rings. The van der Waals surface area contributed by atoms with Gasteiger partial charge < -0.3 is 16.0 Å². The Hall–Kier alpha value is -2.33. The first kappa shape index (κ1) is 14.1. The number of hydrogen-bond acceptors (Lipinski definition) is 2. The molecule has 0 aliphatic rings. The number of anilines is 2. The van der Waals surface area contributed by atoms with E-state index in [1.165, 1.54) is 0 Å². The van der Waals surface area contributed by atoms with Crippen LogP contribution >= 0.6 is 0 Å². The topological polar surface area (TPSA) is 53.2 Å². The fourth-order valence-corrected chi connectivity index (χ4v) is 1.84. The van der Waals surface area contributed by atoms with Gasteiger partial charge in [0.2, 0.25) is 0 Å². The monoisotopic (exact) mass is 269 g/mol. The average Bonchev–Trinajstić information content (AvgIpc) is 2.46. The molecule has 104 valence electrons. The van der Waals surface area contributed by atoms with E-state index in [-0.39, 0.29) is 6.03 Å². The number of amides is 2. The van der Waals surface area contributed by atoms with Crippen molar-refractivity contribution in [2.45, 2.75) is 13.5 Å². The van der Waals surface area contributed by atoms with Crippen molar-refractivity contribution in [2.24, 2.45) is 0 Å². The second-order valence-corrected chi connectivity index (χ2v) is 4.43. The Labute approximate surface area is 119 Å². The lowest BCUT2D eigenvalue weighted by Crippen LogP contribution is -2.19. The van der Waals surface area contributed by atoms with Gasteiger partial charge in [0.05, 0.1) is 0 Å². The van der Waals surface area contributed by atoms with Crippen molar-refractivity contribution in [3.8, 4) is 0 Å². The largest absolute Gasteiger partial charge is 0.323 e. The molecule has 4 heteroatoms. The van der Waals surface area contributed by atoms with E-state index in [9.17, 15) is 4.79 Å². The lowest BCUT2D eigenvalue weighted by molar-refractivity contribution is 0.262. The smallest absolute Gasteiger partial charge is 0.313 e. The number of carbonyl (C=O) groups is 1. The van der Waals surface area contributed by atoms with Crippen molar-refractivity contribution < 1.29 is 4.79 Å². The third kappa shape index (κ3) is 4.40. The normalized spacial score (nSPS) is 10.1. The Morgan fingerprint density at radius 2 is 1.65 bits per heavy atom. The fourth-order valence-electron chi connectivity index (χ4n) is 1.84. The molecule has 0 saturated heterocycles. The van der Waals surface area contributed by atoms with Crippen LogP contribution in [-0.4, -0.2) is 12.6 Å². The van der Waals surface area contributed by atoms with Gasteiger partial charge in [-0.15, -0.1) is 0 Å². The highest BCUT2D eigenvalue weighted by Crippen LogP contribution is 2.12. The van der Waals surface area contributed by atoms with Crippen LogP contribution in [-0.2, 0) is 6.54 Å². The van der Waals surface area contributed by atoms with E-state index in [1.807, 2.05) is 54.6 Å². The Morgan fingerprint density at radius 1 is 0.950 bits per heavy atom. The van der Waals surface area contributed by atoms with Crippen LogP contribution in [0.15, 0.2) is 54.6 Å². The van der Waals surface area contributed by atoms with Gasteiger partial charge in [0, 0.05) is 17.9 Å². The summed E-state index contributed by atoms with van der Waals surface area (Å²) in [5.74, 6) is 0. The molecule has 0 spiro atoms. The summed E-state index contributed by atoms with van der Waals surface area (Å²) in [5, 5.41) is 8.87. The molecular weight excluding hydrogens is 250 g/mol. The minimum Gasteiger partial charge on any atom is -0.313 e. The predicted molar refractivity (Wildman–Crippen MR) is 82.9 cm³/mol. The lowest BCUT2D eigenvalue weighted by Gasteiger charge is -2.09. The number of rotatable bonds is 5. The number of hydrogen-bond donors (Lipinski definition) is 3. The number of urea groups is 1. The molecule has 0 saturated carbocycles. The third-order valence-electron chi connectivity index (χ3n) is 2.80. The Morgan fingerprint density at radius 3 is 2.40 bits per heavy atom. The molecule has 0 atom stereocenters. The average molecular weight is 269 g/mol. The van der Waals surface area contributed by atoms with Crippen LogP contribution in [0.2, 0.25) is 0 Å². The molecule has 0 unspecified atom stereocenters. The van der Waals surface area contributed by atoms with Crippen LogP contribution < -0.4 is 16.0 Å². The minimum atomic E-state index is -0.239. The van der Waals surface area contributed by atoms with Crippen molar-refractivity contribution in [3.63, 3.8) is 0 Å². The summed E-state index contributed by atoms with van der Waals surface area (Å²) < 4.78 is 0. The van der Waals surface area contributed by atoms with Crippen LogP contribution in [0.1, 0.15) is 12.5 Å². The standard InChI is InChI=1S/C16H19N3O/c1-2-17-12-13-7-6-10-15(11-13)19-16(20)18-14-8-4-3-5-9-14/h3-11,17H,2,12H2,1H3,(H2,18,19,20). The molecule has 0 heterocycles. The number of carbonyl (C=O) groups excluding carboxylic acids is 1. The molecule has 4 nitrogen and oxygen atoms in total. The SMILES string of the molecule is CCNCc1cccc(NC(=O)Nc2ccccc2)c1. The second kappa shape index (κ2) is 7.31. The van der Waals surface area contributed by atoms with E-state index in [2.05, 4.69) is 22.9 Å². The maximum Gasteiger partial charge on any atom is 0.323 e. The van der Waals surface area contributed by atoms with E-state index in [4.69, 9.17) is 0 Å². The van der Waals surface area contributed by atoms with Crippen molar-refractivity contribution in [2.75, 3.05) is 17.2 Å². The molecule has 2 rings (SSSR count). The summed E-state index contributed by atoms with van der Waals surface area (Å²) in [6, 6.07) is 16.9. The van der Waals surface area contributed by atoms with Crippen LogP contribution in [0.25, 0.3) is 0 Å². The summed E-state index contributed by atoms with van der Waals surface area (Å²) in [6.45, 7) is 3.79. The maximum absolute atomic E-state index is 11.9. The lowest BCUT2D eigenvalue weighted by atomic mass is 10.2. The van der Waals surface area contributed by atoms with Crippen LogP contribution in [0.5, 0.6) is 0 Å². The summed E-state index contributed by atoms with van der Waals surface area (Å²) in [6.07, 6.45) is 0. The highest BCUT2D eigenvalue weighted by Gasteiger charge is 2.02. The molecule has 2 amide bonds. The van der Waals surface area contributed by atoms with Crippen LogP contribution in [0.4, 0.5) is 16.2 Å². The zero-order chi connectivity index (χ0) is 14.2. The molecule has 0 bridgehead atoms. The number of nitrogens with one attached hydrogen (secondary N) is 3. The summed E-state index contributed by atoms with van der Waals surface area (Å²) in [5.41, 5.74) is 2.70. The van der Waals surface area contributed by atoms with E-state index in [0.717, 1.165) is 30.0 Å². The molecule has 2 aromatic carbocycles. The van der Waals surface area contributed by atoms with E-state index in [1.54, 1.807) is 0 Å². The Balaban J connectivity index is 1.94. The zero-order valence-corrected chi connectivity index (χ0v) is 11.5. The minimum absolute atomic E-state index is 0.239. The van der Waals surface area contributed by atoms with Gasteiger partial charge >= 0.3 is 6.03 Å². The van der Waals surface area contributed by atoms with Gasteiger partial charge in [-0.25, -0.2) is 4.79 Å². The first-order valence-corrected chi connectivity index (χ1v) is 6.70. The quantitative estimate of drug-likeness (QED) is 0.778. The Kier molecular flexibility index (Phi) is 5.15. The van der Waals surface area contributed by atoms with E-state index in [0.29, 0.717) is 0 Å². The molecule has 20 heavy (non-hydrogen) atoms. The molecule has 0 aromatic heterocycles. The maximum atomic E-state index is 11.9. The van der Waals surface area contributed by atoms with Crippen LogP contribution in [0.3, 0.4) is 0 Å². The van der Waals surface area contributed by atoms with Gasteiger partial charge in [0.15, 0.2) is 0 Å². The van der Waals surface area contributed by atoms with Gasteiger partial charge in [-0.2, -0.15) is 0 Å². The van der Waals surface area contributed by atoms with Crippen LogP contribution in [0, 0.1) is 0 Å². The molecule has 0 aliphatic carbocycles. The van der Waals surface area contributed by atoms with E-state index >= 15 is 0 Å². The summed E-state index contributed by atoms with van der Waals surface area (Å²) >= 11 is 0. The summed E-state index contributed by atoms with van der Waals surface area (Å²) in [4.78, 5) is 11.9. The number of para-hydroxylation sites is 1. The van der Waals surface area contributed by atoms with Crippen molar-refractivity contribution in [3.05, 3.63) is 60.2 Å². The van der Waals surface area contributed by atoms with Gasteiger partial charge in [0.25, 0.3) is 0 Å². The van der Waals surface area contributed by atoms with E-state index < -0.39 is 0 Å². The molecule has 0 aliphatic heterocycles. The molecule has 3 N–H and O–H groups in total. The van der Waals surface area contributed by atoms with Gasteiger partial charge in [-0.05, 0) is 36.4 Å². The second-order valence-electron chi connectivity index (χ2n) is 4.43. The highest BCUT2D eigenvalue weighted by molar-refractivity contribution is 5.99. The fraction of sp³-hybridized carbons (Fsp3) is 0.188. The molecule has 0 radical (unpaired) electrons. The van der Waals surface area contributed by atoms with Crippen molar-refractivity contribution in [1.82, 2.24) is 5.32 Å². The Bertz CT molecular complexity index is 555. The summed E-state index contributed by atoms with van der Waals surface area (Å²) in [7, 11) is 0. The first-order chi connectivity index (χ1) is 9.78. The van der Waals surface area contributed by atoms with Crippen molar-refractivity contribution >= 4 is 17.4 Å². The number of benzene rings is 2. The van der Waals surface area contributed by atoms with Gasteiger partial charge in [-0.1, -0.05) is 37.3 Å². The predicted octanol–water partition coefficient (Wildman–Crippen LogP) is 3.44.